The maximum atomic E-state index is 12.6. The highest BCUT2D eigenvalue weighted by Crippen LogP contribution is 2.20. The van der Waals surface area contributed by atoms with Gasteiger partial charge in [-0.3, -0.25) is 9.48 Å². The number of anilines is 1. The largest absolute Gasteiger partial charge is 0.489 e. The third kappa shape index (κ3) is 5.28. The van der Waals surface area contributed by atoms with E-state index in [0.717, 1.165) is 16.9 Å². The molecule has 1 N–H and O–H groups in total. The Morgan fingerprint density at radius 3 is 2.67 bits per heavy atom. The number of carbonyl (C=O) groups excluding carboxylic acids is 1. The number of hydrogen-bond donors (Lipinski definition) is 1. The zero-order chi connectivity index (χ0) is 20.9. The van der Waals surface area contributed by atoms with Crippen molar-refractivity contribution in [1.82, 2.24) is 9.78 Å². The lowest BCUT2D eigenvalue weighted by atomic mass is 10.2. The smallest absolute Gasteiger partial charge is 0.265 e. The van der Waals surface area contributed by atoms with E-state index in [4.69, 9.17) is 16.3 Å². The number of nitrogens with one attached hydrogen (secondary N) is 1. The standard InChI is InChI=1S/C23H20ClN3O2S/c1-16-2-8-21(9-3-16)29-14-18-10-22(30-15-18)23(28)26-20-11-25-27(13-20)12-17-4-6-19(24)7-5-17/h2-11,13,15H,12,14H2,1H3,(H,26,28). The van der Waals surface area contributed by atoms with Crippen LogP contribution in [-0.2, 0) is 13.2 Å². The topological polar surface area (TPSA) is 56.1 Å². The highest BCUT2D eigenvalue weighted by atomic mass is 35.5. The average Bonchev–Trinajstić information content (AvgIpc) is 3.39. The molecule has 0 aliphatic carbocycles. The predicted molar refractivity (Wildman–Crippen MR) is 121 cm³/mol. The first-order valence-corrected chi connectivity index (χ1v) is 10.7. The molecule has 152 valence electrons. The summed E-state index contributed by atoms with van der Waals surface area (Å²) in [6, 6.07) is 17.4. The number of benzene rings is 2. The van der Waals surface area contributed by atoms with Gasteiger partial charge in [-0.05, 0) is 48.2 Å². The third-order valence-corrected chi connectivity index (χ3v) is 5.68. The summed E-state index contributed by atoms with van der Waals surface area (Å²) < 4.78 is 7.55. The molecule has 0 bridgehead atoms. The zero-order valence-electron chi connectivity index (χ0n) is 16.3. The maximum absolute atomic E-state index is 12.6. The number of rotatable bonds is 7. The van der Waals surface area contributed by atoms with E-state index >= 15 is 0 Å². The highest BCUT2D eigenvalue weighted by Gasteiger charge is 2.11. The minimum absolute atomic E-state index is 0.160. The molecule has 0 fully saturated rings. The van der Waals surface area contributed by atoms with Crippen LogP contribution in [0.15, 0.2) is 72.4 Å². The van der Waals surface area contributed by atoms with Crippen molar-refractivity contribution >= 4 is 34.5 Å². The molecular weight excluding hydrogens is 418 g/mol. The van der Waals surface area contributed by atoms with Gasteiger partial charge in [0.25, 0.3) is 5.91 Å². The van der Waals surface area contributed by atoms with Gasteiger partial charge in [0.1, 0.15) is 12.4 Å². The van der Waals surface area contributed by atoms with E-state index < -0.39 is 0 Å². The summed E-state index contributed by atoms with van der Waals surface area (Å²) in [4.78, 5) is 13.2. The molecule has 0 aliphatic rings. The molecule has 0 radical (unpaired) electrons. The van der Waals surface area contributed by atoms with Crippen molar-refractivity contribution in [3.63, 3.8) is 0 Å². The number of ether oxygens (including phenoxy) is 1. The molecule has 4 aromatic rings. The number of aromatic nitrogens is 2. The second-order valence-corrected chi connectivity index (χ2v) is 8.28. The van der Waals surface area contributed by atoms with Crippen LogP contribution in [0.3, 0.4) is 0 Å². The highest BCUT2D eigenvalue weighted by molar-refractivity contribution is 7.12. The van der Waals surface area contributed by atoms with Gasteiger partial charge in [0, 0.05) is 16.8 Å². The lowest BCUT2D eigenvalue weighted by molar-refractivity contribution is 0.103. The van der Waals surface area contributed by atoms with Gasteiger partial charge in [-0.1, -0.05) is 41.4 Å². The Kier molecular flexibility index (Phi) is 6.16. The average molecular weight is 438 g/mol. The first-order chi connectivity index (χ1) is 14.5. The Balaban J connectivity index is 1.32. The summed E-state index contributed by atoms with van der Waals surface area (Å²) in [5.41, 5.74) is 3.88. The monoisotopic (exact) mass is 437 g/mol. The summed E-state index contributed by atoms with van der Waals surface area (Å²) in [6.45, 7) is 3.06. The van der Waals surface area contributed by atoms with Crippen LogP contribution in [0.1, 0.15) is 26.4 Å². The van der Waals surface area contributed by atoms with E-state index in [1.54, 1.807) is 10.9 Å². The van der Waals surface area contributed by atoms with Crippen LogP contribution in [0.2, 0.25) is 5.02 Å². The molecule has 0 spiro atoms. The summed E-state index contributed by atoms with van der Waals surface area (Å²) in [7, 11) is 0. The Morgan fingerprint density at radius 1 is 1.13 bits per heavy atom. The molecule has 7 heteroatoms. The van der Waals surface area contributed by atoms with E-state index in [9.17, 15) is 4.79 Å². The molecule has 0 saturated carbocycles. The lowest BCUT2D eigenvalue weighted by Crippen LogP contribution is -2.09. The van der Waals surface area contributed by atoms with Crippen molar-refractivity contribution in [2.45, 2.75) is 20.1 Å². The fourth-order valence-electron chi connectivity index (χ4n) is 2.86. The molecule has 5 nitrogen and oxygen atoms in total. The molecule has 2 aromatic carbocycles. The van der Waals surface area contributed by atoms with Crippen molar-refractivity contribution in [3.05, 3.63) is 99.0 Å². The molecule has 2 aromatic heterocycles. The predicted octanol–water partition coefficient (Wildman–Crippen LogP) is 5.79. The van der Waals surface area contributed by atoms with Crippen LogP contribution in [0.5, 0.6) is 5.75 Å². The van der Waals surface area contributed by atoms with Crippen molar-refractivity contribution in [2.24, 2.45) is 0 Å². The summed E-state index contributed by atoms with van der Waals surface area (Å²) in [5, 5.41) is 9.84. The van der Waals surface area contributed by atoms with Gasteiger partial charge >= 0.3 is 0 Å². The zero-order valence-corrected chi connectivity index (χ0v) is 17.9. The SMILES string of the molecule is Cc1ccc(OCc2csc(C(=O)Nc3cnn(Cc4ccc(Cl)cc4)c3)c2)cc1. The van der Waals surface area contributed by atoms with Gasteiger partial charge in [0.05, 0.1) is 23.3 Å². The molecule has 4 rings (SSSR count). The number of amides is 1. The van der Waals surface area contributed by atoms with Gasteiger partial charge in [-0.25, -0.2) is 0 Å². The number of halogens is 1. The Bertz CT molecular complexity index is 1130. The number of nitrogens with zero attached hydrogens (tertiary/aromatic N) is 2. The fraction of sp³-hybridized carbons (Fsp3) is 0.130. The van der Waals surface area contributed by atoms with Crippen LogP contribution in [0.25, 0.3) is 0 Å². The van der Waals surface area contributed by atoms with Crippen LogP contribution in [-0.4, -0.2) is 15.7 Å². The van der Waals surface area contributed by atoms with Crippen LogP contribution in [0.4, 0.5) is 5.69 Å². The second-order valence-electron chi connectivity index (χ2n) is 6.93. The van der Waals surface area contributed by atoms with E-state index in [0.29, 0.717) is 28.7 Å². The molecule has 0 atom stereocenters. The van der Waals surface area contributed by atoms with Crippen LogP contribution < -0.4 is 10.1 Å². The van der Waals surface area contributed by atoms with E-state index in [1.165, 1.54) is 16.9 Å². The lowest BCUT2D eigenvalue weighted by Gasteiger charge is -2.04. The number of aryl methyl sites for hydroxylation is 1. The van der Waals surface area contributed by atoms with Crippen molar-refractivity contribution in [2.75, 3.05) is 5.32 Å². The van der Waals surface area contributed by atoms with Gasteiger partial charge in [-0.15, -0.1) is 11.3 Å². The third-order valence-electron chi connectivity index (χ3n) is 4.45. The Hall–Kier alpha value is -3.09. The molecule has 0 aliphatic heterocycles. The van der Waals surface area contributed by atoms with Crippen molar-refractivity contribution in [3.8, 4) is 5.75 Å². The second kappa shape index (κ2) is 9.15. The van der Waals surface area contributed by atoms with Gasteiger partial charge < -0.3 is 10.1 Å². The van der Waals surface area contributed by atoms with Gasteiger partial charge in [0.15, 0.2) is 0 Å². The first-order valence-electron chi connectivity index (χ1n) is 9.40. The minimum atomic E-state index is -0.160. The molecule has 2 heterocycles. The summed E-state index contributed by atoms with van der Waals surface area (Å²) in [5.74, 6) is 0.651. The van der Waals surface area contributed by atoms with E-state index in [2.05, 4.69) is 10.4 Å². The number of carbonyl (C=O) groups is 1. The maximum Gasteiger partial charge on any atom is 0.265 e. The fourth-order valence-corrected chi connectivity index (χ4v) is 3.77. The molecular formula is C23H20ClN3O2S. The molecule has 1 amide bonds. The molecule has 30 heavy (non-hydrogen) atoms. The van der Waals surface area contributed by atoms with Gasteiger partial charge in [0.2, 0.25) is 0 Å². The van der Waals surface area contributed by atoms with Crippen LogP contribution >= 0.6 is 22.9 Å². The van der Waals surface area contributed by atoms with Crippen molar-refractivity contribution in [1.29, 1.82) is 0 Å². The summed E-state index contributed by atoms with van der Waals surface area (Å²) in [6.07, 6.45) is 3.45. The molecule has 0 unspecified atom stereocenters. The Morgan fingerprint density at radius 2 is 1.90 bits per heavy atom. The normalized spacial score (nSPS) is 10.7. The van der Waals surface area contributed by atoms with E-state index in [-0.39, 0.29) is 5.91 Å². The van der Waals surface area contributed by atoms with E-state index in [1.807, 2.05) is 73.1 Å². The summed E-state index contributed by atoms with van der Waals surface area (Å²) >= 11 is 7.31. The quantitative estimate of drug-likeness (QED) is 0.398. The number of hydrogen-bond acceptors (Lipinski definition) is 4. The van der Waals surface area contributed by atoms with Crippen LogP contribution in [0, 0.1) is 6.92 Å². The Labute approximate surface area is 183 Å². The van der Waals surface area contributed by atoms with Crippen molar-refractivity contribution < 1.29 is 9.53 Å². The first kappa shape index (κ1) is 20.2. The molecule has 0 saturated heterocycles. The van der Waals surface area contributed by atoms with Gasteiger partial charge in [-0.2, -0.15) is 5.10 Å². The number of thiophene rings is 1. The minimum Gasteiger partial charge on any atom is -0.489 e.